The number of allylic oxidation sites excluding steroid dienone is 3. The number of hydrogen-bond donors (Lipinski definition) is 2. The van der Waals surface area contributed by atoms with Gasteiger partial charge in [-0.05, 0) is 64.2 Å². The van der Waals surface area contributed by atoms with Crippen molar-refractivity contribution in [1.82, 2.24) is 0 Å². The minimum Gasteiger partial charge on any atom is -0.462 e. The third kappa shape index (κ3) is 34.5. The number of esters is 2. The van der Waals surface area contributed by atoms with Crippen LogP contribution in [0.1, 0.15) is 206 Å². The quantitative estimate of drug-likeness (QED) is 0.0201. The van der Waals surface area contributed by atoms with Gasteiger partial charge in [0.05, 0.1) is 25.4 Å². The Morgan fingerprint density at radius 3 is 1.70 bits per heavy atom. The minimum atomic E-state index is -4.39. The van der Waals surface area contributed by atoms with Crippen LogP contribution in [-0.2, 0) is 37.4 Å². The number of carbonyl (C=O) groups is 2. The van der Waals surface area contributed by atoms with Gasteiger partial charge in [-0.1, -0.05) is 154 Å². The number of phosphoric ester groups is 1. The standard InChI is InChI=1S/C45H84NO9P/c1-3-5-7-9-11-12-13-14-15-16-17-18-19-20-21-22-23-27-31-35-44(47)51-39-41(40-53-56(49,50)52-38-37-46)54-45(48)36-32-28-24-26-30-34-43-42(55-43)33-29-25-10-8-6-4-2/h14-15,25,29,41-43H,3-13,16-24,26-28,30-40,46H2,1-2H3,(H,49,50)/b15-14-,29-25-/t41-,42?,43?/m1/s1. The summed E-state index contributed by atoms with van der Waals surface area (Å²) >= 11 is 0. The average Bonchev–Trinajstić information content (AvgIpc) is 3.94. The van der Waals surface area contributed by atoms with Gasteiger partial charge in [0.1, 0.15) is 6.61 Å². The normalized spacial score (nSPS) is 17.1. The Kier molecular flexibility index (Phi) is 35.3. The summed E-state index contributed by atoms with van der Waals surface area (Å²) in [6, 6.07) is 0. The van der Waals surface area contributed by atoms with Crippen LogP contribution in [0.3, 0.4) is 0 Å². The number of epoxide rings is 1. The Morgan fingerprint density at radius 1 is 0.625 bits per heavy atom. The first-order valence-corrected chi connectivity index (χ1v) is 24.4. The van der Waals surface area contributed by atoms with Gasteiger partial charge >= 0.3 is 19.8 Å². The van der Waals surface area contributed by atoms with Crippen LogP contribution in [0.5, 0.6) is 0 Å². The molecule has 0 radical (unpaired) electrons. The number of phosphoric acid groups is 1. The Morgan fingerprint density at radius 2 is 1.11 bits per heavy atom. The number of unbranched alkanes of at least 4 members (excludes halogenated alkanes) is 22. The van der Waals surface area contributed by atoms with E-state index < -0.39 is 26.5 Å². The van der Waals surface area contributed by atoms with Gasteiger partial charge in [-0.25, -0.2) is 4.57 Å². The van der Waals surface area contributed by atoms with Crippen molar-refractivity contribution in [1.29, 1.82) is 0 Å². The fraction of sp³-hybridized carbons (Fsp3) is 0.867. The molecule has 4 atom stereocenters. The fourth-order valence-corrected chi connectivity index (χ4v) is 7.46. The van der Waals surface area contributed by atoms with E-state index in [2.05, 4.69) is 38.2 Å². The number of ether oxygens (including phenoxy) is 3. The van der Waals surface area contributed by atoms with Crippen molar-refractivity contribution >= 4 is 19.8 Å². The molecule has 0 amide bonds. The van der Waals surface area contributed by atoms with Crippen LogP contribution in [0.25, 0.3) is 0 Å². The van der Waals surface area contributed by atoms with Crippen LogP contribution < -0.4 is 5.73 Å². The summed E-state index contributed by atoms with van der Waals surface area (Å²) in [5, 5.41) is 0. The summed E-state index contributed by atoms with van der Waals surface area (Å²) in [5.74, 6) is -0.849. The maximum atomic E-state index is 12.6. The molecule has 1 rings (SSSR count). The first-order valence-electron chi connectivity index (χ1n) is 22.9. The number of carbonyl (C=O) groups excluding carboxylic acids is 2. The Hall–Kier alpha value is -1.55. The average molecular weight is 814 g/mol. The Balaban J connectivity index is 2.15. The van der Waals surface area contributed by atoms with E-state index in [4.69, 9.17) is 29.0 Å². The van der Waals surface area contributed by atoms with Crippen molar-refractivity contribution in [2.75, 3.05) is 26.4 Å². The first kappa shape index (κ1) is 52.5. The van der Waals surface area contributed by atoms with Crippen LogP contribution in [-0.4, -0.2) is 61.5 Å². The van der Waals surface area contributed by atoms with Gasteiger partial charge < -0.3 is 24.8 Å². The van der Waals surface area contributed by atoms with E-state index >= 15 is 0 Å². The lowest BCUT2D eigenvalue weighted by Crippen LogP contribution is -2.29. The summed E-state index contributed by atoms with van der Waals surface area (Å²) in [4.78, 5) is 35.0. The molecule has 0 aliphatic carbocycles. The van der Waals surface area contributed by atoms with Gasteiger partial charge in [0.15, 0.2) is 6.10 Å². The second-order valence-corrected chi connectivity index (χ2v) is 17.1. The molecule has 3 unspecified atom stereocenters. The highest BCUT2D eigenvalue weighted by molar-refractivity contribution is 7.47. The van der Waals surface area contributed by atoms with E-state index in [1.165, 1.54) is 109 Å². The largest absolute Gasteiger partial charge is 0.472 e. The third-order valence-corrected chi connectivity index (χ3v) is 11.2. The second kappa shape index (κ2) is 37.7. The monoisotopic (exact) mass is 814 g/mol. The van der Waals surface area contributed by atoms with Gasteiger partial charge in [-0.15, -0.1) is 0 Å². The van der Waals surface area contributed by atoms with Crippen molar-refractivity contribution < 1.29 is 42.3 Å². The minimum absolute atomic E-state index is 0.0488. The molecule has 1 heterocycles. The van der Waals surface area contributed by atoms with Crippen molar-refractivity contribution in [3.05, 3.63) is 24.3 Å². The smallest absolute Gasteiger partial charge is 0.462 e. The molecule has 0 aromatic heterocycles. The fourth-order valence-electron chi connectivity index (χ4n) is 6.69. The van der Waals surface area contributed by atoms with Crippen LogP contribution in [0.4, 0.5) is 0 Å². The van der Waals surface area contributed by atoms with Crippen molar-refractivity contribution in [3.63, 3.8) is 0 Å². The van der Waals surface area contributed by atoms with Crippen molar-refractivity contribution in [3.8, 4) is 0 Å². The summed E-state index contributed by atoms with van der Waals surface area (Å²) in [5.41, 5.74) is 5.35. The van der Waals surface area contributed by atoms with Crippen LogP contribution in [0, 0.1) is 0 Å². The van der Waals surface area contributed by atoms with Crippen LogP contribution in [0.15, 0.2) is 24.3 Å². The molecule has 1 aliphatic rings. The maximum Gasteiger partial charge on any atom is 0.472 e. The highest BCUT2D eigenvalue weighted by atomic mass is 31.2. The summed E-state index contributed by atoms with van der Waals surface area (Å²) in [7, 11) is -4.39. The van der Waals surface area contributed by atoms with Crippen molar-refractivity contribution in [2.24, 2.45) is 5.73 Å². The first-order chi connectivity index (χ1) is 27.3. The van der Waals surface area contributed by atoms with Gasteiger partial charge in [0.25, 0.3) is 0 Å². The summed E-state index contributed by atoms with van der Waals surface area (Å²) in [6.07, 6.45) is 42.2. The van der Waals surface area contributed by atoms with E-state index in [-0.39, 0.29) is 38.6 Å². The molecule has 56 heavy (non-hydrogen) atoms. The van der Waals surface area contributed by atoms with E-state index in [9.17, 15) is 19.0 Å². The molecule has 0 bridgehead atoms. The predicted octanol–water partition coefficient (Wildman–Crippen LogP) is 12.2. The van der Waals surface area contributed by atoms with Gasteiger partial charge in [-0.3, -0.25) is 18.6 Å². The number of rotatable bonds is 42. The van der Waals surface area contributed by atoms with Crippen molar-refractivity contribution in [2.45, 2.75) is 225 Å². The van der Waals surface area contributed by atoms with E-state index in [1.807, 2.05) is 0 Å². The van der Waals surface area contributed by atoms with E-state index in [0.29, 0.717) is 18.6 Å². The molecule has 0 saturated carbocycles. The SMILES string of the molecule is CCCCC/C=C\CC1OC1CCCCCCCC(=O)O[C@H](COC(=O)CCCCCCCCCCC/C=C\CCCCCCCC)COP(=O)(O)OCCN. The summed E-state index contributed by atoms with van der Waals surface area (Å²) < 4.78 is 38.6. The Labute approximate surface area is 342 Å². The lowest BCUT2D eigenvalue weighted by atomic mass is 10.1. The lowest BCUT2D eigenvalue weighted by molar-refractivity contribution is -0.161. The van der Waals surface area contributed by atoms with E-state index in [0.717, 1.165) is 64.2 Å². The highest BCUT2D eigenvalue weighted by Gasteiger charge is 2.36. The molecule has 0 spiro atoms. The molecule has 328 valence electrons. The topological polar surface area (TPSA) is 147 Å². The molecule has 1 aliphatic heterocycles. The van der Waals surface area contributed by atoms with Gasteiger partial charge in [-0.2, -0.15) is 0 Å². The molecular weight excluding hydrogens is 729 g/mol. The van der Waals surface area contributed by atoms with Crippen LogP contribution >= 0.6 is 7.82 Å². The molecule has 1 saturated heterocycles. The Bertz CT molecular complexity index is 1040. The predicted molar refractivity (Wildman–Crippen MR) is 228 cm³/mol. The summed E-state index contributed by atoms with van der Waals surface area (Å²) in [6.45, 7) is 3.68. The molecule has 0 aromatic rings. The molecule has 3 N–H and O–H groups in total. The molecular formula is C45H84NO9P. The molecule has 1 fully saturated rings. The lowest BCUT2D eigenvalue weighted by Gasteiger charge is -2.19. The highest BCUT2D eigenvalue weighted by Crippen LogP contribution is 2.43. The number of hydrogen-bond acceptors (Lipinski definition) is 9. The zero-order valence-electron chi connectivity index (χ0n) is 35.8. The van der Waals surface area contributed by atoms with Gasteiger partial charge in [0.2, 0.25) is 0 Å². The molecule has 10 nitrogen and oxygen atoms in total. The zero-order chi connectivity index (χ0) is 40.8. The van der Waals surface area contributed by atoms with E-state index in [1.54, 1.807) is 0 Å². The zero-order valence-corrected chi connectivity index (χ0v) is 36.7. The second-order valence-electron chi connectivity index (χ2n) is 15.7. The maximum absolute atomic E-state index is 12.6. The van der Waals surface area contributed by atoms with Gasteiger partial charge in [0, 0.05) is 19.4 Å². The van der Waals surface area contributed by atoms with Crippen LogP contribution in [0.2, 0.25) is 0 Å². The third-order valence-electron chi connectivity index (χ3n) is 10.2. The molecule has 11 heteroatoms. The molecule has 0 aromatic carbocycles. The number of nitrogens with two attached hydrogens (primary N) is 1.